The number of methoxy groups -OCH3 is 1. The van der Waals surface area contributed by atoms with Gasteiger partial charge in [0.15, 0.2) is 0 Å². The molecule has 0 atom stereocenters. The number of anilines is 4. The molecule has 12 heteroatoms. The molecule has 3 heterocycles. The number of nitrogens with zero attached hydrogens (tertiary/aromatic N) is 4. The zero-order valence-electron chi connectivity index (χ0n) is 18.9. The van der Waals surface area contributed by atoms with E-state index in [1.54, 1.807) is 24.5 Å². The van der Waals surface area contributed by atoms with Crippen molar-refractivity contribution in [2.24, 2.45) is 0 Å². The van der Waals surface area contributed by atoms with E-state index in [4.69, 9.17) is 9.72 Å². The van der Waals surface area contributed by atoms with Gasteiger partial charge in [-0.2, -0.15) is 10.1 Å². The Morgan fingerprint density at radius 2 is 2.14 bits per heavy atom. The average molecular weight is 496 g/mol. The third kappa shape index (κ3) is 4.77. The first-order chi connectivity index (χ1) is 16.9. The fourth-order valence-corrected chi connectivity index (χ4v) is 5.33. The van der Waals surface area contributed by atoms with Crippen LogP contribution in [0.2, 0.25) is 0 Å². The highest BCUT2D eigenvalue weighted by Gasteiger charge is 2.26. The highest BCUT2D eigenvalue weighted by molar-refractivity contribution is 8.22. The summed E-state index contributed by atoms with van der Waals surface area (Å²) in [5.74, 6) is 0.712. The van der Waals surface area contributed by atoms with Crippen molar-refractivity contribution in [3.63, 3.8) is 0 Å². The van der Waals surface area contributed by atoms with Gasteiger partial charge in [0, 0.05) is 36.8 Å². The van der Waals surface area contributed by atoms with E-state index in [2.05, 4.69) is 25.2 Å². The predicted octanol–water partition coefficient (Wildman–Crippen LogP) is 4.32. The van der Waals surface area contributed by atoms with E-state index in [9.17, 15) is 13.9 Å². The first kappa shape index (κ1) is 23.1. The molecule has 4 aromatic rings. The van der Waals surface area contributed by atoms with Gasteiger partial charge in [0.2, 0.25) is 5.95 Å². The Kier molecular flexibility index (Phi) is 6.26. The number of H-pyrrole nitrogens is 1. The number of benzene rings is 2. The molecule has 0 radical (unpaired) electrons. The smallest absolute Gasteiger partial charge is 0.305 e. The highest BCUT2D eigenvalue weighted by Crippen LogP contribution is 2.51. The van der Waals surface area contributed by atoms with Crippen LogP contribution >= 0.6 is 10.8 Å². The van der Waals surface area contributed by atoms with Crippen molar-refractivity contribution in [1.82, 2.24) is 24.9 Å². The number of ether oxygens (including phenoxy) is 1. The fraction of sp³-hybridized carbons (Fsp3) is 0.217. The van der Waals surface area contributed by atoms with Gasteiger partial charge in [-0.25, -0.2) is 9.71 Å². The summed E-state index contributed by atoms with van der Waals surface area (Å²) in [6.07, 6.45) is 4.24. The van der Waals surface area contributed by atoms with Crippen molar-refractivity contribution >= 4 is 50.8 Å². The SMILES string of the molecule is COC(=O)CCCN(c1ccnc(Nc2ccc3c(c2)S(O)(O)NC3)n1)c1cccc2[nH]ncc12. The molecule has 182 valence electrons. The van der Waals surface area contributed by atoms with E-state index in [-0.39, 0.29) is 12.4 Å². The van der Waals surface area contributed by atoms with Crippen LogP contribution in [0.5, 0.6) is 0 Å². The summed E-state index contributed by atoms with van der Waals surface area (Å²) < 4.78 is 27.9. The summed E-state index contributed by atoms with van der Waals surface area (Å²) in [5, 5.41) is 11.2. The molecule has 1 aliphatic heterocycles. The maximum atomic E-state index is 11.7. The molecular formula is C23H25N7O4S. The maximum Gasteiger partial charge on any atom is 0.305 e. The van der Waals surface area contributed by atoms with Gasteiger partial charge in [-0.3, -0.25) is 19.0 Å². The summed E-state index contributed by atoms with van der Waals surface area (Å²) in [5.41, 5.74) is 3.26. The van der Waals surface area contributed by atoms with Gasteiger partial charge in [0.1, 0.15) is 5.82 Å². The topological polar surface area (TPSA) is 149 Å². The zero-order chi connectivity index (χ0) is 24.4. The molecule has 0 amide bonds. The van der Waals surface area contributed by atoms with E-state index in [0.717, 1.165) is 22.2 Å². The van der Waals surface area contributed by atoms with Gasteiger partial charge in [-0.1, -0.05) is 12.1 Å². The molecule has 5 N–H and O–H groups in total. The average Bonchev–Trinajstić information content (AvgIpc) is 3.46. The van der Waals surface area contributed by atoms with Crippen LogP contribution in [0.3, 0.4) is 0 Å². The third-order valence-electron chi connectivity index (χ3n) is 5.75. The molecule has 2 aromatic heterocycles. The van der Waals surface area contributed by atoms with Crippen LogP contribution in [0.25, 0.3) is 10.9 Å². The molecule has 0 bridgehead atoms. The lowest BCUT2D eigenvalue weighted by atomic mass is 10.2. The lowest BCUT2D eigenvalue weighted by Gasteiger charge is -2.27. The van der Waals surface area contributed by atoms with E-state index in [1.807, 2.05) is 35.2 Å². The Balaban J connectivity index is 1.45. The second-order valence-corrected chi connectivity index (χ2v) is 9.82. The minimum Gasteiger partial charge on any atom is -0.469 e. The van der Waals surface area contributed by atoms with Crippen LogP contribution in [0, 0.1) is 0 Å². The Labute approximate surface area is 203 Å². The van der Waals surface area contributed by atoms with Crippen molar-refractivity contribution in [3.8, 4) is 0 Å². The number of rotatable bonds is 8. The number of aromatic nitrogens is 4. The Bertz CT molecular complexity index is 1380. The normalized spacial score (nSPS) is 14.9. The van der Waals surface area contributed by atoms with Gasteiger partial charge in [-0.05, 0) is 42.3 Å². The monoisotopic (exact) mass is 495 g/mol. The quantitative estimate of drug-likeness (QED) is 0.224. The molecule has 0 saturated heterocycles. The minimum atomic E-state index is -3.00. The van der Waals surface area contributed by atoms with Crippen LogP contribution in [0.4, 0.5) is 23.1 Å². The largest absolute Gasteiger partial charge is 0.469 e. The second kappa shape index (κ2) is 9.50. The molecular weight excluding hydrogens is 470 g/mol. The summed E-state index contributed by atoms with van der Waals surface area (Å²) in [4.78, 5) is 23.2. The molecule has 0 spiro atoms. The maximum absolute atomic E-state index is 11.7. The number of carbonyl (C=O) groups is 1. The molecule has 11 nitrogen and oxygen atoms in total. The number of carbonyl (C=O) groups excluding carboxylic acids is 1. The highest BCUT2D eigenvalue weighted by atomic mass is 32.3. The molecule has 0 saturated carbocycles. The van der Waals surface area contributed by atoms with Gasteiger partial charge in [0.05, 0.1) is 29.4 Å². The second-order valence-electron chi connectivity index (χ2n) is 8.00. The van der Waals surface area contributed by atoms with Crippen molar-refractivity contribution < 1.29 is 18.6 Å². The number of nitrogens with one attached hydrogen (secondary N) is 3. The van der Waals surface area contributed by atoms with Crippen LogP contribution in [0.15, 0.2) is 59.8 Å². The van der Waals surface area contributed by atoms with Gasteiger partial charge in [0.25, 0.3) is 0 Å². The summed E-state index contributed by atoms with van der Waals surface area (Å²) >= 11 is 0. The Morgan fingerprint density at radius 3 is 3.00 bits per heavy atom. The number of hydrogen-bond donors (Lipinski definition) is 5. The molecule has 0 aliphatic carbocycles. The van der Waals surface area contributed by atoms with E-state index in [0.29, 0.717) is 41.9 Å². The Morgan fingerprint density at radius 1 is 1.26 bits per heavy atom. The van der Waals surface area contributed by atoms with Crippen LogP contribution in [-0.2, 0) is 16.1 Å². The molecule has 0 unspecified atom stereocenters. The van der Waals surface area contributed by atoms with E-state index in [1.165, 1.54) is 7.11 Å². The van der Waals surface area contributed by atoms with E-state index >= 15 is 0 Å². The number of aromatic amines is 1. The number of hydrogen-bond acceptors (Lipinski definition) is 10. The summed E-state index contributed by atoms with van der Waals surface area (Å²) in [7, 11) is -1.62. The van der Waals surface area contributed by atoms with Gasteiger partial charge < -0.3 is 15.0 Å². The van der Waals surface area contributed by atoms with Gasteiger partial charge in [-0.15, -0.1) is 10.8 Å². The number of esters is 1. The van der Waals surface area contributed by atoms with Crippen LogP contribution in [-0.4, -0.2) is 48.9 Å². The molecule has 5 rings (SSSR count). The van der Waals surface area contributed by atoms with Crippen molar-refractivity contribution in [2.75, 3.05) is 23.9 Å². The van der Waals surface area contributed by atoms with Crippen LogP contribution < -0.4 is 14.9 Å². The first-order valence-corrected chi connectivity index (χ1v) is 12.5. The standard InChI is InChI=1S/C23H25N7O4S/c1-34-22(31)6-3-11-30(19-5-2-4-18-17(19)14-25-29-18)21-9-10-24-23(28-21)27-16-8-7-15-13-26-35(32,33)20(15)12-16/h2,4-5,7-10,12,14,26,32-33H,3,6,11,13H2,1H3,(H,25,29)(H,24,27,28). The van der Waals surface area contributed by atoms with Crippen molar-refractivity contribution in [2.45, 2.75) is 24.3 Å². The van der Waals surface area contributed by atoms with Crippen LogP contribution in [0.1, 0.15) is 18.4 Å². The third-order valence-corrected chi connectivity index (χ3v) is 7.29. The summed E-state index contributed by atoms with van der Waals surface area (Å²) in [6, 6.07) is 13.0. The summed E-state index contributed by atoms with van der Waals surface area (Å²) in [6.45, 7) is 0.922. The fourth-order valence-electron chi connectivity index (χ4n) is 4.02. The lowest BCUT2D eigenvalue weighted by Crippen LogP contribution is -2.21. The van der Waals surface area contributed by atoms with E-state index < -0.39 is 10.8 Å². The predicted molar refractivity (Wildman–Crippen MR) is 134 cm³/mol. The molecule has 0 fully saturated rings. The number of fused-ring (bicyclic) bond motifs is 2. The first-order valence-electron chi connectivity index (χ1n) is 11.0. The molecule has 35 heavy (non-hydrogen) atoms. The Hall–Kier alpha value is -3.71. The molecule has 2 aromatic carbocycles. The van der Waals surface area contributed by atoms with Crippen molar-refractivity contribution in [3.05, 3.63) is 60.4 Å². The zero-order valence-corrected chi connectivity index (χ0v) is 19.7. The molecule has 1 aliphatic rings. The van der Waals surface area contributed by atoms with Gasteiger partial charge >= 0.3 is 5.97 Å². The minimum absolute atomic E-state index is 0.270. The van der Waals surface area contributed by atoms with Crippen molar-refractivity contribution in [1.29, 1.82) is 0 Å². The lowest BCUT2D eigenvalue weighted by molar-refractivity contribution is -0.140.